The van der Waals surface area contributed by atoms with Crippen LogP contribution in [0.3, 0.4) is 0 Å². The zero-order valence-electron chi connectivity index (χ0n) is 17.1. The van der Waals surface area contributed by atoms with Crippen molar-refractivity contribution in [2.45, 2.75) is 36.3 Å². The van der Waals surface area contributed by atoms with E-state index in [9.17, 15) is 33.4 Å². The third-order valence-corrected chi connectivity index (χ3v) is 5.94. The predicted molar refractivity (Wildman–Crippen MR) is 108 cm³/mol. The number of aromatic nitrogens is 1. The maximum Gasteiger partial charge on any atom is 1.00 e. The molecule has 1 fully saturated rings. The van der Waals surface area contributed by atoms with E-state index in [1.807, 2.05) is 0 Å². The summed E-state index contributed by atoms with van der Waals surface area (Å²) in [7, 11) is -3.64. The normalized spacial score (nSPS) is 26.6. The number of oxime groups is 1. The number of aliphatic hydroxyl groups excluding tert-OH is 4. The molecule has 3 rings (SSSR count). The summed E-state index contributed by atoms with van der Waals surface area (Å²) < 4.78 is 47.3. The van der Waals surface area contributed by atoms with Gasteiger partial charge in [0.15, 0.2) is 0 Å². The van der Waals surface area contributed by atoms with E-state index in [0.29, 0.717) is 23.2 Å². The van der Waals surface area contributed by atoms with Crippen molar-refractivity contribution in [2.75, 3.05) is 13.7 Å². The number of H-pyrrole nitrogens is 1. The molecule has 12 nitrogen and oxygen atoms in total. The van der Waals surface area contributed by atoms with Crippen LogP contribution in [-0.4, -0.2) is 87.0 Å². The van der Waals surface area contributed by atoms with Crippen LogP contribution in [0.4, 0.5) is 0 Å². The Kier molecular flexibility index (Phi) is 10.4. The number of methoxy groups -OCH3 is 1. The number of ether oxygens (including phenoxy) is 2. The maximum atomic E-state index is 10.9. The fourth-order valence-corrected chi connectivity index (χ4v) is 4.42. The molecule has 32 heavy (non-hydrogen) atoms. The molecule has 0 saturated carbocycles. The van der Waals surface area contributed by atoms with Gasteiger partial charge < -0.3 is 39.4 Å². The monoisotopic (exact) mass is 516 g/mol. The molecule has 2 heterocycles. The molecular weight excluding hydrogens is 495 g/mol. The van der Waals surface area contributed by atoms with Gasteiger partial charge in [-0.25, -0.2) is 0 Å². The number of benzene rings is 1. The van der Waals surface area contributed by atoms with E-state index in [2.05, 4.69) is 14.4 Å². The average molecular weight is 517 g/mol. The van der Waals surface area contributed by atoms with Gasteiger partial charge in [0.25, 0.3) is 10.4 Å². The van der Waals surface area contributed by atoms with Gasteiger partial charge in [-0.15, -0.1) is 0 Å². The molecule has 15 heteroatoms. The number of aromatic amines is 1. The van der Waals surface area contributed by atoms with Crippen molar-refractivity contribution < 1.29 is 98.5 Å². The van der Waals surface area contributed by atoms with Crippen LogP contribution in [0.2, 0.25) is 0 Å². The average Bonchev–Trinajstić information content (AvgIpc) is 3.14. The van der Waals surface area contributed by atoms with Crippen molar-refractivity contribution in [3.8, 4) is 5.75 Å². The second kappa shape index (κ2) is 11.9. The zero-order chi connectivity index (χ0) is 22.8. The minimum atomic E-state index is -5.15. The Morgan fingerprint density at radius 1 is 1.28 bits per heavy atom. The van der Waals surface area contributed by atoms with E-state index in [-0.39, 0.29) is 62.8 Å². The van der Waals surface area contributed by atoms with Crippen LogP contribution >= 0.6 is 11.8 Å². The molecule has 1 aliphatic heterocycles. The topological polar surface area (TPSA) is 194 Å². The minimum absolute atomic E-state index is 0. The fourth-order valence-electron chi connectivity index (χ4n) is 3.10. The van der Waals surface area contributed by atoms with Crippen LogP contribution in [0.1, 0.15) is 5.69 Å². The van der Waals surface area contributed by atoms with Gasteiger partial charge in [0.1, 0.15) is 40.6 Å². The van der Waals surface area contributed by atoms with Crippen LogP contribution in [0, 0.1) is 0 Å². The molecule has 172 valence electrons. The molecule has 0 amide bonds. The number of rotatable bonds is 7. The number of thioether (sulfide) groups is 1. The molecule has 5 unspecified atom stereocenters. The molecular formula is C17H21KN2O10S2. The fraction of sp³-hybridized carbons (Fsp3) is 0.471. The largest absolute Gasteiger partial charge is 1.00 e. The molecule has 0 aliphatic carbocycles. The second-order valence-corrected chi connectivity index (χ2v) is 8.81. The summed E-state index contributed by atoms with van der Waals surface area (Å²) in [4.78, 5) is 3.09. The second-order valence-electron chi connectivity index (χ2n) is 6.68. The minimum Gasteiger partial charge on any atom is -0.714 e. The van der Waals surface area contributed by atoms with E-state index in [1.165, 1.54) is 7.11 Å². The number of hydrogen-bond donors (Lipinski definition) is 5. The van der Waals surface area contributed by atoms with Gasteiger partial charge in [0.05, 0.1) is 13.7 Å². The first kappa shape index (κ1) is 28.0. The van der Waals surface area contributed by atoms with E-state index >= 15 is 0 Å². The van der Waals surface area contributed by atoms with Gasteiger partial charge >= 0.3 is 51.4 Å². The van der Waals surface area contributed by atoms with Gasteiger partial charge in [-0.3, -0.25) is 4.28 Å². The predicted octanol–water partition coefficient (Wildman–Crippen LogP) is -3.95. The summed E-state index contributed by atoms with van der Waals surface area (Å²) in [5, 5.41) is 43.4. The van der Waals surface area contributed by atoms with Crippen molar-refractivity contribution >= 4 is 38.1 Å². The summed E-state index contributed by atoms with van der Waals surface area (Å²) in [6.45, 7) is -0.637. The quantitative estimate of drug-likeness (QED) is 0.0602. The van der Waals surface area contributed by atoms with Gasteiger partial charge in [0.2, 0.25) is 0 Å². The number of hydrogen-bond acceptors (Lipinski definition) is 12. The van der Waals surface area contributed by atoms with Crippen molar-refractivity contribution in [3.05, 3.63) is 30.0 Å². The van der Waals surface area contributed by atoms with Crippen molar-refractivity contribution in [3.63, 3.8) is 0 Å². The molecule has 0 radical (unpaired) electrons. The molecule has 1 aromatic heterocycles. The zero-order valence-corrected chi connectivity index (χ0v) is 21.9. The Labute approximate surface area is 230 Å². The first-order valence-corrected chi connectivity index (χ1v) is 11.2. The molecule has 1 aliphatic rings. The van der Waals surface area contributed by atoms with Gasteiger partial charge in [-0.2, -0.15) is 8.42 Å². The van der Waals surface area contributed by atoms with Crippen molar-refractivity contribution in [1.29, 1.82) is 0 Å². The first-order valence-electron chi connectivity index (χ1n) is 8.96. The smallest absolute Gasteiger partial charge is 0.714 e. The third kappa shape index (κ3) is 6.88. The van der Waals surface area contributed by atoms with E-state index in [0.717, 1.165) is 10.9 Å². The first-order chi connectivity index (χ1) is 14.6. The summed E-state index contributed by atoms with van der Waals surface area (Å²) in [5.74, 6) is 0.596. The number of nitrogens with zero attached hydrogens (tertiary/aromatic N) is 1. The molecule has 2 aromatic rings. The van der Waals surface area contributed by atoms with Crippen LogP contribution in [0.25, 0.3) is 10.9 Å². The van der Waals surface area contributed by atoms with Crippen LogP contribution < -0.4 is 56.1 Å². The van der Waals surface area contributed by atoms with Gasteiger partial charge in [0, 0.05) is 23.0 Å². The maximum absolute atomic E-state index is 10.9. The van der Waals surface area contributed by atoms with Crippen LogP contribution in [0.5, 0.6) is 5.75 Å². The number of fused-ring (bicyclic) bond motifs is 1. The Morgan fingerprint density at radius 2 is 2.00 bits per heavy atom. The number of nitrogens with one attached hydrogen (secondary N) is 1. The third-order valence-electron chi connectivity index (χ3n) is 4.57. The molecule has 0 spiro atoms. The Balaban J connectivity index is 0.00000363. The molecule has 1 aromatic carbocycles. The summed E-state index contributed by atoms with van der Waals surface area (Å²) >= 11 is 0.670. The number of aliphatic hydroxyl groups is 4. The summed E-state index contributed by atoms with van der Waals surface area (Å²) in [6, 6.07) is 7.04. The van der Waals surface area contributed by atoms with E-state index in [1.54, 1.807) is 24.3 Å². The van der Waals surface area contributed by atoms with Crippen molar-refractivity contribution in [1.82, 2.24) is 4.98 Å². The molecule has 5 N–H and O–H groups in total. The Morgan fingerprint density at radius 3 is 2.62 bits per heavy atom. The van der Waals surface area contributed by atoms with Gasteiger partial charge in [-0.05, 0) is 18.2 Å². The summed E-state index contributed by atoms with van der Waals surface area (Å²) in [5.41, 5.74) is 0.0253. The van der Waals surface area contributed by atoms with Crippen molar-refractivity contribution in [2.24, 2.45) is 5.16 Å². The van der Waals surface area contributed by atoms with Gasteiger partial charge in [-0.1, -0.05) is 23.0 Å². The Bertz CT molecular complexity index is 1050. The molecule has 0 bridgehead atoms. The SMILES string of the molecule is COc1cccc2[nH]c(CC(=NOS(=O)(=O)[O-])SC3OC(CO)C(O)C(O)C3O)cc12.[K+]. The molecule has 1 saturated heterocycles. The summed E-state index contributed by atoms with van der Waals surface area (Å²) in [6.07, 6.45) is -6.02. The van der Waals surface area contributed by atoms with Crippen LogP contribution in [-0.2, 0) is 25.8 Å². The standard InChI is InChI=1S/C17H22N2O10S2.K/c1-27-11-4-2-3-10-9(11)5-8(18-10)6-13(19-29-31(24,25)26)30-17-16(23)15(22)14(21)12(7-20)28-17;/h2-5,12,14-18,20-23H,6-7H2,1H3,(H,24,25,26);/q;+1/p-1. The van der Waals surface area contributed by atoms with Crippen LogP contribution in [0.15, 0.2) is 29.4 Å². The van der Waals surface area contributed by atoms with E-state index in [4.69, 9.17) is 9.47 Å². The Hall–Kier alpha value is -0.274. The molecule has 5 atom stereocenters. The van der Waals surface area contributed by atoms with E-state index < -0.39 is 46.9 Å².